The molecule has 2 N–H and O–H groups in total. The van der Waals surface area contributed by atoms with Crippen molar-refractivity contribution in [2.24, 2.45) is 7.05 Å². The lowest BCUT2D eigenvalue weighted by Crippen LogP contribution is -2.08. The van der Waals surface area contributed by atoms with Crippen molar-refractivity contribution in [1.29, 1.82) is 0 Å². The smallest absolute Gasteiger partial charge is 0.255 e. The molecule has 0 fully saturated rings. The molecule has 0 aliphatic carbocycles. The molecule has 5 heteroatoms. The Labute approximate surface area is 86.0 Å². The fraction of sp³-hybridized carbons (Fsp3) is 0.200. The molecule has 0 spiro atoms. The Morgan fingerprint density at radius 1 is 1.47 bits per heavy atom. The van der Waals surface area contributed by atoms with Gasteiger partial charge in [0.25, 0.3) is 5.56 Å². The molecular formula is C10H11N3O2. The average molecular weight is 205 g/mol. The minimum Gasteiger partial charge on any atom is -0.493 e. The lowest BCUT2D eigenvalue weighted by Gasteiger charge is -2.04. The number of H-pyrrole nitrogens is 1. The zero-order valence-electron chi connectivity index (χ0n) is 8.48. The van der Waals surface area contributed by atoms with Crippen molar-refractivity contribution in [1.82, 2.24) is 14.5 Å². The van der Waals surface area contributed by atoms with E-state index in [0.717, 1.165) is 17.5 Å². The molecule has 2 aromatic rings. The Hall–Kier alpha value is -2.04. The Morgan fingerprint density at radius 2 is 2.20 bits per heavy atom. The van der Waals surface area contributed by atoms with Gasteiger partial charge in [-0.2, -0.15) is 4.98 Å². The van der Waals surface area contributed by atoms with Crippen LogP contribution in [0.4, 0.5) is 0 Å². The van der Waals surface area contributed by atoms with Gasteiger partial charge in [0.15, 0.2) is 5.82 Å². The molecule has 0 saturated heterocycles. The van der Waals surface area contributed by atoms with Gasteiger partial charge in [-0.15, -0.1) is 0 Å². The molecule has 2 rings (SSSR count). The highest BCUT2D eigenvalue weighted by Crippen LogP contribution is 2.17. The number of hydrogen-bond acceptors (Lipinski definition) is 3. The molecule has 0 amide bonds. The number of rotatable bonds is 1. The molecule has 0 bridgehead atoms. The fourth-order valence-electron chi connectivity index (χ4n) is 1.42. The maximum atomic E-state index is 11.1. The first-order valence-electron chi connectivity index (χ1n) is 4.51. The third-order valence-corrected chi connectivity index (χ3v) is 2.34. The van der Waals surface area contributed by atoms with E-state index < -0.39 is 0 Å². The summed E-state index contributed by atoms with van der Waals surface area (Å²) in [5, 5.41) is 9.21. The van der Waals surface area contributed by atoms with E-state index in [-0.39, 0.29) is 11.4 Å². The van der Waals surface area contributed by atoms with E-state index in [4.69, 9.17) is 0 Å². The topological polar surface area (TPSA) is 70.9 Å². The summed E-state index contributed by atoms with van der Waals surface area (Å²) in [5.74, 6) is 0.100. The molecule has 2 aromatic heterocycles. The maximum absolute atomic E-state index is 11.1. The van der Waals surface area contributed by atoms with Crippen molar-refractivity contribution >= 4 is 0 Å². The highest BCUT2D eigenvalue weighted by atomic mass is 16.3. The van der Waals surface area contributed by atoms with Crippen LogP contribution >= 0.6 is 0 Å². The van der Waals surface area contributed by atoms with E-state index in [1.807, 2.05) is 30.7 Å². The number of aromatic nitrogens is 3. The van der Waals surface area contributed by atoms with E-state index in [1.54, 1.807) is 0 Å². The van der Waals surface area contributed by atoms with Gasteiger partial charge in [0.05, 0.1) is 11.8 Å². The average Bonchev–Trinajstić information content (AvgIpc) is 2.46. The Morgan fingerprint density at radius 3 is 2.73 bits per heavy atom. The monoisotopic (exact) mass is 205 g/mol. The zero-order valence-corrected chi connectivity index (χ0v) is 8.48. The van der Waals surface area contributed by atoms with Crippen LogP contribution in [0, 0.1) is 6.92 Å². The van der Waals surface area contributed by atoms with Crippen molar-refractivity contribution in [3.05, 3.63) is 34.2 Å². The van der Waals surface area contributed by atoms with Crippen molar-refractivity contribution in [2.75, 3.05) is 0 Å². The summed E-state index contributed by atoms with van der Waals surface area (Å²) in [4.78, 5) is 17.6. The van der Waals surface area contributed by atoms with E-state index in [0.29, 0.717) is 5.82 Å². The number of nitrogens with one attached hydrogen (secondary N) is 1. The first kappa shape index (κ1) is 9.51. The summed E-state index contributed by atoms with van der Waals surface area (Å²) < 4.78 is 1.89. The zero-order chi connectivity index (χ0) is 11.0. The second-order valence-electron chi connectivity index (χ2n) is 3.37. The molecule has 0 aliphatic heterocycles. The van der Waals surface area contributed by atoms with Crippen LogP contribution in [-0.2, 0) is 7.05 Å². The lowest BCUT2D eigenvalue weighted by atomic mass is 10.4. The van der Waals surface area contributed by atoms with E-state index >= 15 is 0 Å². The van der Waals surface area contributed by atoms with Crippen molar-refractivity contribution in [2.45, 2.75) is 6.92 Å². The van der Waals surface area contributed by atoms with Crippen LogP contribution in [0.15, 0.2) is 23.0 Å². The molecule has 0 atom stereocenters. The van der Waals surface area contributed by atoms with Crippen LogP contribution in [0.3, 0.4) is 0 Å². The summed E-state index contributed by atoms with van der Waals surface area (Å²) in [6.45, 7) is 1.95. The van der Waals surface area contributed by atoms with Crippen LogP contribution in [0.2, 0.25) is 0 Å². The third-order valence-electron chi connectivity index (χ3n) is 2.34. The van der Waals surface area contributed by atoms with Crippen LogP contribution in [-0.4, -0.2) is 19.6 Å². The van der Waals surface area contributed by atoms with Crippen LogP contribution < -0.4 is 5.56 Å². The van der Waals surface area contributed by atoms with E-state index in [1.165, 1.54) is 0 Å². The van der Waals surface area contributed by atoms with Crippen LogP contribution in [0.5, 0.6) is 5.88 Å². The largest absolute Gasteiger partial charge is 0.493 e. The Kier molecular flexibility index (Phi) is 2.07. The number of nitrogens with zero attached hydrogens (tertiary/aromatic N) is 2. The molecule has 0 radical (unpaired) electrons. The van der Waals surface area contributed by atoms with Gasteiger partial charge in [0.1, 0.15) is 0 Å². The predicted molar refractivity (Wildman–Crippen MR) is 55.7 cm³/mol. The molecule has 5 nitrogen and oxygen atoms in total. The Bertz CT molecular complexity index is 554. The van der Waals surface area contributed by atoms with Crippen molar-refractivity contribution < 1.29 is 5.11 Å². The summed E-state index contributed by atoms with van der Waals surface area (Å²) in [6.07, 6.45) is 0. The van der Waals surface area contributed by atoms with Gasteiger partial charge in [0, 0.05) is 12.7 Å². The Balaban J connectivity index is 2.64. The lowest BCUT2D eigenvalue weighted by molar-refractivity contribution is 0.451. The van der Waals surface area contributed by atoms with Gasteiger partial charge in [0.2, 0.25) is 5.88 Å². The molecule has 15 heavy (non-hydrogen) atoms. The van der Waals surface area contributed by atoms with Gasteiger partial charge < -0.3 is 14.7 Å². The van der Waals surface area contributed by atoms with Crippen LogP contribution in [0.1, 0.15) is 5.69 Å². The molecule has 0 aromatic carbocycles. The highest BCUT2D eigenvalue weighted by Gasteiger charge is 2.07. The number of hydrogen-bond donors (Lipinski definition) is 2. The van der Waals surface area contributed by atoms with E-state index in [2.05, 4.69) is 9.97 Å². The second-order valence-corrected chi connectivity index (χ2v) is 3.37. The fourth-order valence-corrected chi connectivity index (χ4v) is 1.42. The minimum absolute atomic E-state index is 0.271. The summed E-state index contributed by atoms with van der Waals surface area (Å²) in [7, 11) is 1.87. The summed E-state index contributed by atoms with van der Waals surface area (Å²) in [6, 6.07) is 4.80. The molecule has 78 valence electrons. The molecule has 0 aliphatic rings. The molecule has 2 heterocycles. The van der Waals surface area contributed by atoms with Gasteiger partial charge >= 0.3 is 0 Å². The first-order chi connectivity index (χ1) is 7.08. The van der Waals surface area contributed by atoms with Gasteiger partial charge in [-0.3, -0.25) is 4.79 Å². The normalized spacial score (nSPS) is 10.5. The molecular weight excluding hydrogens is 194 g/mol. The van der Waals surface area contributed by atoms with Crippen molar-refractivity contribution in [3.8, 4) is 17.4 Å². The van der Waals surface area contributed by atoms with E-state index in [9.17, 15) is 9.90 Å². The van der Waals surface area contributed by atoms with Crippen molar-refractivity contribution in [3.63, 3.8) is 0 Å². The second kappa shape index (κ2) is 3.27. The van der Waals surface area contributed by atoms with Gasteiger partial charge in [-0.05, 0) is 19.1 Å². The predicted octanol–water partition coefficient (Wildman–Crippen LogP) is 0.789. The summed E-state index contributed by atoms with van der Waals surface area (Å²) in [5.41, 5.74) is 1.45. The van der Waals surface area contributed by atoms with Gasteiger partial charge in [-0.1, -0.05) is 0 Å². The number of aryl methyl sites for hydroxylation is 1. The van der Waals surface area contributed by atoms with Crippen LogP contribution in [0.25, 0.3) is 11.5 Å². The standard InChI is InChI=1S/C10H11N3O2/c1-6-3-4-7(13(6)2)10-11-8(14)5-9(15)12-10/h3-5H,1-2H3,(H2,11,12,14,15). The molecule has 0 unspecified atom stereocenters. The first-order valence-corrected chi connectivity index (χ1v) is 4.51. The molecule has 0 saturated carbocycles. The van der Waals surface area contributed by atoms with Gasteiger partial charge in [-0.25, -0.2) is 0 Å². The number of aromatic amines is 1. The maximum Gasteiger partial charge on any atom is 0.255 e. The third kappa shape index (κ3) is 1.63. The highest BCUT2D eigenvalue weighted by molar-refractivity contribution is 5.51. The quantitative estimate of drug-likeness (QED) is 0.723. The summed E-state index contributed by atoms with van der Waals surface area (Å²) >= 11 is 0. The minimum atomic E-state index is -0.364. The number of aromatic hydroxyl groups is 1. The SMILES string of the molecule is Cc1ccc(-c2nc(O)cc(=O)[nH]2)n1C.